The molecule has 5 nitrogen and oxygen atoms in total. The summed E-state index contributed by atoms with van der Waals surface area (Å²) in [5, 5.41) is 6.01. The first-order chi connectivity index (χ1) is 12.2. The van der Waals surface area contributed by atoms with Gasteiger partial charge in [0, 0.05) is 30.2 Å². The maximum atomic E-state index is 12.1. The molecule has 0 heterocycles. The Labute approximate surface area is 150 Å². The van der Waals surface area contributed by atoms with Crippen LogP contribution in [0.15, 0.2) is 48.5 Å². The lowest BCUT2D eigenvalue weighted by Crippen LogP contribution is -2.23. The van der Waals surface area contributed by atoms with Gasteiger partial charge in [-0.3, -0.25) is 4.79 Å². The van der Waals surface area contributed by atoms with Crippen LogP contribution >= 0.6 is 0 Å². The number of anilines is 3. The number of nitrogens with zero attached hydrogens (tertiary/aromatic N) is 1. The molecule has 134 valence electrons. The van der Waals surface area contributed by atoms with E-state index in [2.05, 4.69) is 29.4 Å². The highest BCUT2D eigenvalue weighted by molar-refractivity contribution is 5.93. The highest BCUT2D eigenvalue weighted by Crippen LogP contribution is 2.18. The van der Waals surface area contributed by atoms with Crippen LogP contribution in [0.5, 0.6) is 5.75 Å². The van der Waals surface area contributed by atoms with E-state index in [0.717, 1.165) is 35.9 Å². The Bertz CT molecular complexity index is 650. The van der Waals surface area contributed by atoms with Crippen molar-refractivity contribution in [2.75, 3.05) is 41.8 Å². The van der Waals surface area contributed by atoms with Gasteiger partial charge in [0.1, 0.15) is 5.75 Å². The molecule has 0 saturated heterocycles. The first-order valence-electron chi connectivity index (χ1n) is 8.77. The maximum Gasteiger partial charge on any atom is 0.243 e. The van der Waals surface area contributed by atoms with Crippen molar-refractivity contribution in [3.63, 3.8) is 0 Å². The average molecular weight is 341 g/mol. The zero-order valence-electron chi connectivity index (χ0n) is 15.2. The number of benzene rings is 2. The zero-order valence-corrected chi connectivity index (χ0v) is 15.2. The second kappa shape index (κ2) is 9.57. The van der Waals surface area contributed by atoms with Gasteiger partial charge in [-0.15, -0.1) is 0 Å². The summed E-state index contributed by atoms with van der Waals surface area (Å²) in [7, 11) is 0. The molecule has 0 unspecified atom stereocenters. The molecule has 1 amide bonds. The third-order valence-corrected chi connectivity index (χ3v) is 3.90. The van der Waals surface area contributed by atoms with Crippen molar-refractivity contribution >= 4 is 23.0 Å². The van der Waals surface area contributed by atoms with Crippen molar-refractivity contribution in [1.29, 1.82) is 0 Å². The Morgan fingerprint density at radius 3 is 2.08 bits per heavy atom. The summed E-state index contributed by atoms with van der Waals surface area (Å²) < 4.78 is 5.40. The number of hydrogen-bond acceptors (Lipinski definition) is 4. The normalized spacial score (nSPS) is 10.2. The van der Waals surface area contributed by atoms with Crippen molar-refractivity contribution in [3.8, 4) is 5.75 Å². The SMILES string of the molecule is CCOc1ccc(NCC(=O)Nc2ccc(N(CC)CC)cc2)cc1. The molecule has 2 aromatic rings. The third-order valence-electron chi connectivity index (χ3n) is 3.90. The first kappa shape index (κ1) is 18.6. The van der Waals surface area contributed by atoms with E-state index >= 15 is 0 Å². The van der Waals surface area contributed by atoms with Gasteiger partial charge >= 0.3 is 0 Å². The molecule has 0 spiro atoms. The number of hydrogen-bond donors (Lipinski definition) is 2. The molecule has 0 aromatic heterocycles. The predicted octanol–water partition coefficient (Wildman–Crippen LogP) is 3.98. The van der Waals surface area contributed by atoms with Crippen molar-refractivity contribution in [2.24, 2.45) is 0 Å². The molecule has 0 fully saturated rings. The Morgan fingerprint density at radius 1 is 0.920 bits per heavy atom. The van der Waals surface area contributed by atoms with Crippen LogP contribution in [0.3, 0.4) is 0 Å². The topological polar surface area (TPSA) is 53.6 Å². The van der Waals surface area contributed by atoms with Gasteiger partial charge in [-0.2, -0.15) is 0 Å². The lowest BCUT2D eigenvalue weighted by Gasteiger charge is -2.21. The minimum atomic E-state index is -0.0792. The van der Waals surface area contributed by atoms with Gasteiger partial charge in [-0.25, -0.2) is 0 Å². The fourth-order valence-corrected chi connectivity index (χ4v) is 2.57. The number of nitrogens with one attached hydrogen (secondary N) is 2. The van der Waals surface area contributed by atoms with Gasteiger partial charge < -0.3 is 20.3 Å². The van der Waals surface area contributed by atoms with E-state index in [4.69, 9.17) is 4.74 Å². The van der Waals surface area contributed by atoms with Crippen LogP contribution in [0.1, 0.15) is 20.8 Å². The summed E-state index contributed by atoms with van der Waals surface area (Å²) in [6.07, 6.45) is 0. The van der Waals surface area contributed by atoms with E-state index in [1.54, 1.807) is 0 Å². The molecule has 0 saturated carbocycles. The first-order valence-corrected chi connectivity index (χ1v) is 8.77. The van der Waals surface area contributed by atoms with Gasteiger partial charge in [0.25, 0.3) is 0 Å². The second-order valence-electron chi connectivity index (χ2n) is 5.58. The van der Waals surface area contributed by atoms with Gasteiger partial charge in [0.05, 0.1) is 13.2 Å². The summed E-state index contributed by atoms with van der Waals surface area (Å²) in [6, 6.07) is 15.5. The van der Waals surface area contributed by atoms with E-state index in [-0.39, 0.29) is 12.5 Å². The summed E-state index contributed by atoms with van der Waals surface area (Å²) in [5.41, 5.74) is 2.85. The van der Waals surface area contributed by atoms with Crippen molar-refractivity contribution < 1.29 is 9.53 Å². The van der Waals surface area contributed by atoms with Gasteiger partial charge in [0.15, 0.2) is 0 Å². The number of ether oxygens (including phenoxy) is 1. The largest absolute Gasteiger partial charge is 0.494 e. The molecule has 0 bridgehead atoms. The lowest BCUT2D eigenvalue weighted by atomic mass is 10.2. The molecule has 2 N–H and O–H groups in total. The third kappa shape index (κ3) is 5.71. The van der Waals surface area contributed by atoms with E-state index in [1.807, 2.05) is 55.5 Å². The van der Waals surface area contributed by atoms with Crippen LogP contribution < -0.4 is 20.3 Å². The summed E-state index contributed by atoms with van der Waals surface area (Å²) in [6.45, 7) is 9.00. The van der Waals surface area contributed by atoms with Gasteiger partial charge in [-0.05, 0) is 69.3 Å². The van der Waals surface area contributed by atoms with Crippen LogP contribution in [-0.4, -0.2) is 32.1 Å². The van der Waals surface area contributed by atoms with Crippen LogP contribution in [0.4, 0.5) is 17.1 Å². The monoisotopic (exact) mass is 341 g/mol. The van der Waals surface area contributed by atoms with E-state index in [9.17, 15) is 4.79 Å². The van der Waals surface area contributed by atoms with E-state index in [0.29, 0.717) is 6.61 Å². The second-order valence-corrected chi connectivity index (χ2v) is 5.58. The van der Waals surface area contributed by atoms with Crippen molar-refractivity contribution in [2.45, 2.75) is 20.8 Å². The number of carbonyl (C=O) groups excluding carboxylic acids is 1. The van der Waals surface area contributed by atoms with Crippen LogP contribution in [-0.2, 0) is 4.79 Å². The molecular formula is C20H27N3O2. The molecule has 2 aromatic carbocycles. The Balaban J connectivity index is 1.83. The van der Waals surface area contributed by atoms with Crippen LogP contribution in [0, 0.1) is 0 Å². The van der Waals surface area contributed by atoms with Crippen molar-refractivity contribution in [1.82, 2.24) is 0 Å². The predicted molar refractivity (Wildman–Crippen MR) is 105 cm³/mol. The smallest absolute Gasteiger partial charge is 0.243 e. The summed E-state index contributed by atoms with van der Waals surface area (Å²) >= 11 is 0. The Morgan fingerprint density at radius 2 is 1.52 bits per heavy atom. The zero-order chi connectivity index (χ0) is 18.1. The standard InChI is InChI=1S/C20H27N3O2/c1-4-23(5-2)18-11-7-17(8-12-18)22-20(24)15-21-16-9-13-19(14-10-16)25-6-3/h7-14,21H,4-6,15H2,1-3H3,(H,22,24). The maximum absolute atomic E-state index is 12.1. The van der Waals surface area contributed by atoms with Gasteiger partial charge in [0.2, 0.25) is 5.91 Å². The molecule has 0 aliphatic carbocycles. The fraction of sp³-hybridized carbons (Fsp3) is 0.350. The Kier molecular flexibility index (Phi) is 7.14. The average Bonchev–Trinajstić information content (AvgIpc) is 2.64. The van der Waals surface area contributed by atoms with Gasteiger partial charge in [-0.1, -0.05) is 0 Å². The van der Waals surface area contributed by atoms with Crippen LogP contribution in [0.2, 0.25) is 0 Å². The summed E-state index contributed by atoms with van der Waals surface area (Å²) in [4.78, 5) is 14.3. The highest BCUT2D eigenvalue weighted by Gasteiger charge is 2.05. The minimum Gasteiger partial charge on any atom is -0.494 e. The minimum absolute atomic E-state index is 0.0792. The number of carbonyl (C=O) groups is 1. The molecule has 0 atom stereocenters. The van der Waals surface area contributed by atoms with E-state index in [1.165, 1.54) is 0 Å². The van der Waals surface area contributed by atoms with Crippen molar-refractivity contribution in [3.05, 3.63) is 48.5 Å². The molecule has 2 rings (SSSR count). The molecular weight excluding hydrogens is 314 g/mol. The lowest BCUT2D eigenvalue weighted by molar-refractivity contribution is -0.114. The summed E-state index contributed by atoms with van der Waals surface area (Å²) in [5.74, 6) is 0.746. The molecule has 0 aliphatic rings. The number of rotatable bonds is 9. The highest BCUT2D eigenvalue weighted by atomic mass is 16.5. The van der Waals surface area contributed by atoms with E-state index < -0.39 is 0 Å². The molecule has 0 aliphatic heterocycles. The molecule has 5 heteroatoms. The molecule has 0 radical (unpaired) electrons. The molecule has 25 heavy (non-hydrogen) atoms. The Hall–Kier alpha value is -2.69. The van der Waals surface area contributed by atoms with Crippen LogP contribution in [0.25, 0.3) is 0 Å². The fourth-order valence-electron chi connectivity index (χ4n) is 2.57. The quantitative estimate of drug-likeness (QED) is 0.724. The number of amides is 1.